The van der Waals surface area contributed by atoms with E-state index in [9.17, 15) is 13.2 Å². The van der Waals surface area contributed by atoms with Crippen LogP contribution in [-0.4, -0.2) is 75.8 Å². The van der Waals surface area contributed by atoms with Crippen molar-refractivity contribution in [3.8, 4) is 0 Å². The van der Waals surface area contributed by atoms with Gasteiger partial charge in [-0.05, 0) is 37.5 Å². The summed E-state index contributed by atoms with van der Waals surface area (Å²) in [4.78, 5) is 17.4. The van der Waals surface area contributed by atoms with Crippen molar-refractivity contribution < 1.29 is 17.9 Å². The largest absolute Gasteiger partial charge is 0.381 e. The van der Waals surface area contributed by atoms with E-state index in [2.05, 4.69) is 4.90 Å². The van der Waals surface area contributed by atoms with Gasteiger partial charge >= 0.3 is 0 Å². The first-order valence-corrected chi connectivity index (χ1v) is 10.7. The van der Waals surface area contributed by atoms with Crippen LogP contribution in [0.25, 0.3) is 0 Å². The fourth-order valence-corrected chi connectivity index (χ4v) is 4.22. The van der Waals surface area contributed by atoms with Gasteiger partial charge < -0.3 is 9.64 Å². The van der Waals surface area contributed by atoms with Gasteiger partial charge in [-0.2, -0.15) is 0 Å². The molecule has 1 aromatic carbocycles. The predicted molar refractivity (Wildman–Crippen MR) is 95.6 cm³/mol. The third-order valence-corrected chi connectivity index (χ3v) is 6.29. The van der Waals surface area contributed by atoms with Gasteiger partial charge in [0.2, 0.25) is 0 Å². The molecule has 25 heavy (non-hydrogen) atoms. The minimum absolute atomic E-state index is 0.0744. The van der Waals surface area contributed by atoms with Gasteiger partial charge in [0.25, 0.3) is 5.91 Å². The Hall–Kier alpha value is -1.44. The summed E-state index contributed by atoms with van der Waals surface area (Å²) in [6, 6.07) is 5.34. The van der Waals surface area contributed by atoms with Gasteiger partial charge in [-0.25, -0.2) is 8.42 Å². The van der Waals surface area contributed by atoms with Crippen molar-refractivity contribution in [2.24, 2.45) is 0 Å². The molecule has 0 radical (unpaired) electrons. The number of nitrogens with zero attached hydrogens (tertiary/aromatic N) is 2. The summed E-state index contributed by atoms with van der Waals surface area (Å²) in [5.74, 6) is -0.0744. The first-order valence-electron chi connectivity index (χ1n) is 8.78. The molecule has 2 saturated heterocycles. The van der Waals surface area contributed by atoms with Crippen LogP contribution in [0, 0.1) is 6.92 Å². The van der Waals surface area contributed by atoms with Crippen LogP contribution >= 0.6 is 0 Å². The number of hydrogen-bond donors (Lipinski definition) is 0. The van der Waals surface area contributed by atoms with Crippen molar-refractivity contribution in [1.29, 1.82) is 0 Å². The molecular weight excluding hydrogens is 340 g/mol. The molecule has 2 heterocycles. The Morgan fingerprint density at radius 3 is 2.36 bits per heavy atom. The zero-order valence-corrected chi connectivity index (χ0v) is 15.7. The smallest absolute Gasteiger partial charge is 0.254 e. The van der Waals surface area contributed by atoms with E-state index in [0.29, 0.717) is 24.7 Å². The minimum Gasteiger partial charge on any atom is -0.381 e. The average Bonchev–Trinajstić information content (AvgIpc) is 2.61. The number of carbonyl (C=O) groups excluding carboxylic acids is 1. The number of ether oxygens (including phenoxy) is 1. The quantitative estimate of drug-likeness (QED) is 0.808. The summed E-state index contributed by atoms with van der Waals surface area (Å²) in [6.07, 6.45) is 3.28. The third-order valence-electron chi connectivity index (χ3n) is 5.18. The molecule has 0 atom stereocenters. The Morgan fingerprint density at radius 2 is 1.76 bits per heavy atom. The fraction of sp³-hybridized carbons (Fsp3) is 0.611. The number of sulfone groups is 1. The highest BCUT2D eigenvalue weighted by atomic mass is 32.2. The Balaban J connectivity index is 1.68. The van der Waals surface area contributed by atoms with E-state index in [1.165, 1.54) is 12.3 Å². The Kier molecular flexibility index (Phi) is 5.46. The zero-order chi connectivity index (χ0) is 18.0. The van der Waals surface area contributed by atoms with Gasteiger partial charge in [-0.15, -0.1) is 0 Å². The first-order chi connectivity index (χ1) is 11.9. The number of carbonyl (C=O) groups is 1. The Morgan fingerprint density at radius 1 is 1.12 bits per heavy atom. The van der Waals surface area contributed by atoms with E-state index in [1.807, 2.05) is 11.8 Å². The molecule has 0 aliphatic carbocycles. The molecule has 0 unspecified atom stereocenters. The van der Waals surface area contributed by atoms with E-state index in [-0.39, 0.29) is 10.8 Å². The lowest BCUT2D eigenvalue weighted by molar-refractivity contribution is 0.0137. The van der Waals surface area contributed by atoms with Crippen LogP contribution in [-0.2, 0) is 14.6 Å². The Labute approximate surface area is 149 Å². The lowest BCUT2D eigenvalue weighted by atomic mass is 10.0. The highest BCUT2D eigenvalue weighted by Gasteiger charge is 2.28. The van der Waals surface area contributed by atoms with Gasteiger partial charge in [0.15, 0.2) is 9.84 Å². The number of amides is 1. The van der Waals surface area contributed by atoms with Crippen molar-refractivity contribution >= 4 is 15.7 Å². The standard InChI is InChI=1S/C18H26N2O4S/c1-14-3-4-16(25(2,22)23)13-17(14)18(21)20-9-7-19(8-10-20)15-5-11-24-12-6-15/h3-4,13,15H,5-12H2,1-2H3. The van der Waals surface area contributed by atoms with Crippen molar-refractivity contribution in [2.75, 3.05) is 45.6 Å². The molecule has 1 amide bonds. The van der Waals surface area contributed by atoms with Crippen LogP contribution in [0.3, 0.4) is 0 Å². The molecule has 2 fully saturated rings. The lowest BCUT2D eigenvalue weighted by Crippen LogP contribution is -2.53. The topological polar surface area (TPSA) is 66.9 Å². The second-order valence-electron chi connectivity index (χ2n) is 6.92. The molecule has 7 heteroatoms. The molecule has 2 aliphatic heterocycles. The summed E-state index contributed by atoms with van der Waals surface area (Å²) < 4.78 is 29.0. The molecule has 0 aromatic heterocycles. The maximum atomic E-state index is 12.9. The summed E-state index contributed by atoms with van der Waals surface area (Å²) >= 11 is 0. The normalized spacial score (nSPS) is 20.6. The Bertz CT molecular complexity index is 733. The highest BCUT2D eigenvalue weighted by Crippen LogP contribution is 2.20. The number of rotatable bonds is 3. The van der Waals surface area contributed by atoms with Gasteiger partial charge in [0.05, 0.1) is 4.90 Å². The van der Waals surface area contributed by atoms with Crippen molar-refractivity contribution in [2.45, 2.75) is 30.7 Å². The second-order valence-corrected chi connectivity index (χ2v) is 8.94. The van der Waals surface area contributed by atoms with Gasteiger partial charge in [-0.3, -0.25) is 9.69 Å². The molecule has 2 aliphatic rings. The summed E-state index contributed by atoms with van der Waals surface area (Å²) in [5, 5.41) is 0. The molecule has 0 spiro atoms. The second kappa shape index (κ2) is 7.43. The van der Waals surface area contributed by atoms with Gasteiger partial charge in [0.1, 0.15) is 0 Å². The number of piperazine rings is 1. The monoisotopic (exact) mass is 366 g/mol. The van der Waals surface area contributed by atoms with Crippen LogP contribution in [0.5, 0.6) is 0 Å². The molecule has 138 valence electrons. The SMILES string of the molecule is Cc1ccc(S(C)(=O)=O)cc1C(=O)N1CCN(C2CCOCC2)CC1. The minimum atomic E-state index is -3.32. The molecule has 6 nitrogen and oxygen atoms in total. The van der Waals surface area contributed by atoms with Gasteiger partial charge in [0, 0.05) is 57.3 Å². The van der Waals surface area contributed by atoms with Crippen molar-refractivity contribution in [3.63, 3.8) is 0 Å². The van der Waals surface area contributed by atoms with Crippen LogP contribution in [0.15, 0.2) is 23.1 Å². The fourth-order valence-electron chi connectivity index (χ4n) is 3.57. The molecule has 3 rings (SSSR count). The van der Waals surface area contributed by atoms with E-state index < -0.39 is 9.84 Å². The number of aryl methyl sites for hydroxylation is 1. The van der Waals surface area contributed by atoms with Crippen LogP contribution in [0.4, 0.5) is 0 Å². The lowest BCUT2D eigenvalue weighted by Gasteiger charge is -2.40. The van der Waals surface area contributed by atoms with E-state index in [0.717, 1.165) is 44.7 Å². The van der Waals surface area contributed by atoms with Crippen LogP contribution in [0.2, 0.25) is 0 Å². The predicted octanol–water partition coefficient (Wildman–Crippen LogP) is 1.34. The summed E-state index contributed by atoms with van der Waals surface area (Å²) in [5.41, 5.74) is 1.30. The van der Waals surface area contributed by atoms with Crippen LogP contribution < -0.4 is 0 Å². The zero-order valence-electron chi connectivity index (χ0n) is 14.9. The van der Waals surface area contributed by atoms with E-state index in [4.69, 9.17) is 4.74 Å². The van der Waals surface area contributed by atoms with E-state index >= 15 is 0 Å². The molecule has 0 N–H and O–H groups in total. The van der Waals surface area contributed by atoms with Crippen molar-refractivity contribution in [3.05, 3.63) is 29.3 Å². The summed E-state index contributed by atoms with van der Waals surface area (Å²) in [7, 11) is -3.32. The number of benzene rings is 1. The highest BCUT2D eigenvalue weighted by molar-refractivity contribution is 7.90. The third kappa shape index (κ3) is 4.22. The molecule has 0 bridgehead atoms. The first kappa shape index (κ1) is 18.4. The average molecular weight is 366 g/mol. The molecular formula is C18H26N2O4S. The molecule has 0 saturated carbocycles. The molecule has 1 aromatic rings. The van der Waals surface area contributed by atoms with E-state index in [1.54, 1.807) is 12.1 Å². The number of hydrogen-bond acceptors (Lipinski definition) is 5. The maximum Gasteiger partial charge on any atom is 0.254 e. The summed E-state index contributed by atoms with van der Waals surface area (Å²) in [6.45, 7) is 6.57. The van der Waals surface area contributed by atoms with Crippen molar-refractivity contribution in [1.82, 2.24) is 9.80 Å². The van der Waals surface area contributed by atoms with Gasteiger partial charge in [-0.1, -0.05) is 6.07 Å². The van der Waals surface area contributed by atoms with Crippen LogP contribution in [0.1, 0.15) is 28.8 Å². The maximum absolute atomic E-state index is 12.9.